The van der Waals surface area contributed by atoms with E-state index in [2.05, 4.69) is 29.3 Å². The van der Waals surface area contributed by atoms with Gasteiger partial charge in [0.2, 0.25) is 5.91 Å². The van der Waals surface area contributed by atoms with E-state index in [0.29, 0.717) is 23.9 Å². The quantitative estimate of drug-likeness (QED) is 0.872. The third kappa shape index (κ3) is 4.10. The molecule has 1 amide bonds. The van der Waals surface area contributed by atoms with Gasteiger partial charge in [0, 0.05) is 31.1 Å². The number of para-hydroxylation sites is 1. The van der Waals surface area contributed by atoms with Crippen molar-refractivity contribution in [2.75, 3.05) is 20.2 Å². The minimum absolute atomic E-state index is 0.301. The molecule has 2 atom stereocenters. The number of nitrogens with one attached hydrogen (secondary N) is 1. The Bertz CT molecular complexity index is 554. The topological polar surface area (TPSA) is 41.6 Å². The first-order valence-electron chi connectivity index (χ1n) is 9.34. The van der Waals surface area contributed by atoms with Gasteiger partial charge in [0.05, 0.1) is 7.11 Å². The maximum absolute atomic E-state index is 12.5. The lowest BCUT2D eigenvalue weighted by Gasteiger charge is -2.23. The van der Waals surface area contributed by atoms with Gasteiger partial charge in [-0.1, -0.05) is 31.0 Å². The summed E-state index contributed by atoms with van der Waals surface area (Å²) >= 11 is 0. The van der Waals surface area contributed by atoms with Crippen LogP contribution in [0.25, 0.3) is 0 Å². The first-order chi connectivity index (χ1) is 11.7. The molecule has 0 spiro atoms. The van der Waals surface area contributed by atoms with E-state index >= 15 is 0 Å². The van der Waals surface area contributed by atoms with Crippen molar-refractivity contribution in [3.8, 4) is 5.75 Å². The Balaban J connectivity index is 1.49. The molecule has 4 nitrogen and oxygen atoms in total. The van der Waals surface area contributed by atoms with Crippen molar-refractivity contribution in [2.45, 2.75) is 57.5 Å². The van der Waals surface area contributed by atoms with Gasteiger partial charge in [-0.3, -0.25) is 4.79 Å². The summed E-state index contributed by atoms with van der Waals surface area (Å²) in [6, 6.07) is 8.99. The second kappa shape index (κ2) is 8.02. The highest BCUT2D eigenvalue weighted by Gasteiger charge is 2.32. The predicted molar refractivity (Wildman–Crippen MR) is 96.2 cm³/mol. The smallest absolute Gasteiger partial charge is 0.225 e. The van der Waals surface area contributed by atoms with Gasteiger partial charge in [-0.2, -0.15) is 0 Å². The summed E-state index contributed by atoms with van der Waals surface area (Å²) < 4.78 is 5.44. The Morgan fingerprint density at radius 3 is 2.79 bits per heavy atom. The molecule has 0 bridgehead atoms. The first-order valence-corrected chi connectivity index (χ1v) is 9.34. The third-order valence-corrected chi connectivity index (χ3v) is 5.44. The molecule has 4 heteroatoms. The molecule has 0 radical (unpaired) electrons. The highest BCUT2D eigenvalue weighted by molar-refractivity contribution is 5.79. The lowest BCUT2D eigenvalue weighted by atomic mass is 10.0. The number of hydrogen-bond donors (Lipinski definition) is 1. The van der Waals surface area contributed by atoms with Gasteiger partial charge in [0.1, 0.15) is 5.75 Å². The number of carbonyl (C=O) groups excluding carboxylic acids is 1. The fraction of sp³-hybridized carbons (Fsp3) is 0.650. The van der Waals surface area contributed by atoms with E-state index in [9.17, 15) is 4.79 Å². The number of likely N-dealkylation sites (tertiary alicyclic amines) is 1. The van der Waals surface area contributed by atoms with Crippen molar-refractivity contribution in [3.63, 3.8) is 0 Å². The predicted octanol–water partition coefficient (Wildman–Crippen LogP) is 3.01. The molecule has 0 aromatic heterocycles. The average Bonchev–Trinajstić information content (AvgIpc) is 3.26. The molecule has 1 aliphatic carbocycles. The molecule has 1 N–H and O–H groups in total. The summed E-state index contributed by atoms with van der Waals surface area (Å²) in [4.78, 5) is 14.6. The number of ether oxygens (including phenoxy) is 1. The van der Waals surface area contributed by atoms with Crippen LogP contribution < -0.4 is 10.1 Å². The number of amides is 1. The molecule has 1 aromatic carbocycles. The maximum atomic E-state index is 12.5. The Labute approximate surface area is 145 Å². The van der Waals surface area contributed by atoms with Gasteiger partial charge in [0.25, 0.3) is 0 Å². The highest BCUT2D eigenvalue weighted by Crippen LogP contribution is 2.28. The van der Waals surface area contributed by atoms with E-state index in [1.54, 1.807) is 7.11 Å². The van der Waals surface area contributed by atoms with Gasteiger partial charge in [-0.25, -0.2) is 0 Å². The van der Waals surface area contributed by atoms with E-state index in [-0.39, 0.29) is 0 Å². The van der Waals surface area contributed by atoms with Crippen LogP contribution in [0.3, 0.4) is 0 Å². The second-order valence-electron chi connectivity index (χ2n) is 7.33. The summed E-state index contributed by atoms with van der Waals surface area (Å²) in [5, 5.41) is 3.70. The first kappa shape index (κ1) is 17.3. The monoisotopic (exact) mass is 330 g/mol. The fourth-order valence-corrected chi connectivity index (χ4v) is 4.19. The molecule has 132 valence electrons. The molecule has 3 rings (SSSR count). The highest BCUT2D eigenvalue weighted by atomic mass is 16.5. The van der Waals surface area contributed by atoms with Crippen LogP contribution in [-0.2, 0) is 11.2 Å². The maximum Gasteiger partial charge on any atom is 0.225 e. The lowest BCUT2D eigenvalue weighted by Crippen LogP contribution is -2.41. The SMILES string of the molecule is COc1ccccc1C[C@@H](C)N[C@H]1CCN(C(=O)C2CCCC2)C1. The number of methoxy groups -OCH3 is 1. The zero-order chi connectivity index (χ0) is 16.9. The average molecular weight is 330 g/mol. The van der Waals surface area contributed by atoms with E-state index in [4.69, 9.17) is 4.74 Å². The molecule has 1 heterocycles. The normalized spacial score (nSPS) is 22.8. The number of benzene rings is 1. The molecule has 1 saturated carbocycles. The summed E-state index contributed by atoms with van der Waals surface area (Å²) in [6.45, 7) is 3.99. The van der Waals surface area contributed by atoms with Crippen molar-refractivity contribution in [1.82, 2.24) is 10.2 Å². The number of rotatable bonds is 6. The van der Waals surface area contributed by atoms with E-state index in [1.165, 1.54) is 18.4 Å². The molecule has 0 unspecified atom stereocenters. The minimum atomic E-state index is 0.301. The zero-order valence-corrected chi connectivity index (χ0v) is 15.0. The summed E-state index contributed by atoms with van der Waals surface area (Å²) in [7, 11) is 1.72. The van der Waals surface area contributed by atoms with E-state index in [0.717, 1.165) is 44.5 Å². The van der Waals surface area contributed by atoms with Gasteiger partial charge in [0.15, 0.2) is 0 Å². The number of hydrogen-bond acceptors (Lipinski definition) is 3. The molecule has 1 saturated heterocycles. The molecule has 2 aliphatic rings. The molecule has 2 fully saturated rings. The Morgan fingerprint density at radius 2 is 2.04 bits per heavy atom. The summed E-state index contributed by atoms with van der Waals surface area (Å²) in [6.07, 6.45) is 6.64. The van der Waals surface area contributed by atoms with Gasteiger partial charge >= 0.3 is 0 Å². The summed E-state index contributed by atoms with van der Waals surface area (Å²) in [5.74, 6) is 1.65. The van der Waals surface area contributed by atoms with Crippen molar-refractivity contribution in [2.24, 2.45) is 5.92 Å². The Hall–Kier alpha value is -1.55. The van der Waals surface area contributed by atoms with Crippen molar-refractivity contribution in [3.05, 3.63) is 29.8 Å². The summed E-state index contributed by atoms with van der Waals surface area (Å²) in [5.41, 5.74) is 1.23. The van der Waals surface area contributed by atoms with Crippen LogP contribution in [0.2, 0.25) is 0 Å². The molecular weight excluding hydrogens is 300 g/mol. The van der Waals surface area contributed by atoms with Gasteiger partial charge in [-0.05, 0) is 44.2 Å². The van der Waals surface area contributed by atoms with E-state index < -0.39 is 0 Å². The second-order valence-corrected chi connectivity index (χ2v) is 7.33. The largest absolute Gasteiger partial charge is 0.496 e. The number of carbonyl (C=O) groups is 1. The fourth-order valence-electron chi connectivity index (χ4n) is 4.19. The molecule has 24 heavy (non-hydrogen) atoms. The van der Waals surface area contributed by atoms with Crippen LogP contribution in [0.4, 0.5) is 0 Å². The number of nitrogens with zero attached hydrogens (tertiary/aromatic N) is 1. The lowest BCUT2D eigenvalue weighted by molar-refractivity contribution is -0.134. The molecule has 1 aliphatic heterocycles. The van der Waals surface area contributed by atoms with Crippen LogP contribution in [0.5, 0.6) is 5.75 Å². The van der Waals surface area contributed by atoms with Crippen LogP contribution in [0.1, 0.15) is 44.6 Å². The molecule has 1 aromatic rings. The Morgan fingerprint density at radius 1 is 1.29 bits per heavy atom. The van der Waals surface area contributed by atoms with Crippen molar-refractivity contribution < 1.29 is 9.53 Å². The van der Waals surface area contributed by atoms with Gasteiger partial charge < -0.3 is 15.0 Å². The van der Waals surface area contributed by atoms with E-state index in [1.807, 2.05) is 12.1 Å². The Kier molecular flexibility index (Phi) is 5.77. The third-order valence-electron chi connectivity index (χ3n) is 5.44. The van der Waals surface area contributed by atoms with Crippen molar-refractivity contribution >= 4 is 5.91 Å². The van der Waals surface area contributed by atoms with Crippen LogP contribution in [0.15, 0.2) is 24.3 Å². The van der Waals surface area contributed by atoms with Crippen molar-refractivity contribution in [1.29, 1.82) is 0 Å². The zero-order valence-electron chi connectivity index (χ0n) is 15.0. The minimum Gasteiger partial charge on any atom is -0.496 e. The van der Waals surface area contributed by atoms with Gasteiger partial charge in [-0.15, -0.1) is 0 Å². The molecular formula is C20H30N2O2. The standard InChI is InChI=1S/C20H30N2O2/c1-15(13-17-9-5-6-10-19(17)24-2)21-18-11-12-22(14-18)20(23)16-7-3-4-8-16/h5-6,9-10,15-16,18,21H,3-4,7-8,11-14H2,1-2H3/t15-,18+/m1/s1. The van der Waals surface area contributed by atoms with Crippen LogP contribution >= 0.6 is 0 Å². The van der Waals surface area contributed by atoms with Crippen LogP contribution in [-0.4, -0.2) is 43.1 Å². The van der Waals surface area contributed by atoms with Crippen LogP contribution in [0, 0.1) is 5.92 Å².